The Labute approximate surface area is 92.6 Å². The van der Waals surface area contributed by atoms with Gasteiger partial charge in [-0.25, -0.2) is 4.98 Å². The minimum absolute atomic E-state index is 0.0491. The molecule has 0 spiro atoms. The molecule has 2 atom stereocenters. The fraction of sp³-hybridized carbons (Fsp3) is 0.600. The summed E-state index contributed by atoms with van der Waals surface area (Å²) in [5.41, 5.74) is 1.00. The van der Waals surface area contributed by atoms with Crippen molar-refractivity contribution < 1.29 is 9.90 Å². The number of anilines is 1. The van der Waals surface area contributed by atoms with Gasteiger partial charge in [0.25, 0.3) is 0 Å². The molecule has 0 radical (unpaired) electrons. The lowest BCUT2D eigenvalue weighted by Crippen LogP contribution is -2.32. The summed E-state index contributed by atoms with van der Waals surface area (Å²) < 4.78 is 0. The first-order chi connectivity index (χ1) is 7.09. The Hall–Kier alpha value is -1.10. The van der Waals surface area contributed by atoms with Gasteiger partial charge in [0, 0.05) is 18.0 Å². The summed E-state index contributed by atoms with van der Waals surface area (Å²) in [7, 11) is 0. The molecular formula is C10H14N2O2S. The molecule has 1 aliphatic rings. The van der Waals surface area contributed by atoms with Crippen molar-refractivity contribution in [1.82, 2.24) is 4.98 Å². The molecule has 0 amide bonds. The molecular weight excluding hydrogens is 212 g/mol. The van der Waals surface area contributed by atoms with E-state index in [9.17, 15) is 4.79 Å². The molecule has 4 nitrogen and oxygen atoms in total. The molecule has 2 unspecified atom stereocenters. The lowest BCUT2D eigenvalue weighted by Gasteiger charge is -2.22. The van der Waals surface area contributed by atoms with E-state index in [2.05, 4.69) is 9.88 Å². The van der Waals surface area contributed by atoms with Crippen molar-refractivity contribution in [2.45, 2.75) is 26.3 Å². The molecule has 1 saturated heterocycles. The number of rotatable bonds is 2. The fourth-order valence-corrected chi connectivity index (χ4v) is 2.93. The van der Waals surface area contributed by atoms with Crippen LogP contribution in [0.3, 0.4) is 0 Å². The van der Waals surface area contributed by atoms with Crippen molar-refractivity contribution >= 4 is 22.4 Å². The predicted octanol–water partition coefficient (Wildman–Crippen LogP) is 1.75. The number of hydrogen-bond acceptors (Lipinski definition) is 4. The van der Waals surface area contributed by atoms with Crippen LogP contribution in [0.1, 0.15) is 19.0 Å². The standard InChI is InChI=1S/C10H14N2O2S/c1-6-5-15-10(11-6)12-4-3-8(7(12)2)9(13)14/h5,7-8H,3-4H2,1-2H3,(H,13,14). The van der Waals surface area contributed by atoms with Gasteiger partial charge in [0.2, 0.25) is 0 Å². The van der Waals surface area contributed by atoms with Crippen LogP contribution in [-0.2, 0) is 4.79 Å². The number of aromatic nitrogens is 1. The summed E-state index contributed by atoms with van der Waals surface area (Å²) in [5, 5.41) is 12.0. The third-order valence-electron chi connectivity index (χ3n) is 2.92. The van der Waals surface area contributed by atoms with Gasteiger partial charge in [-0.15, -0.1) is 11.3 Å². The zero-order valence-electron chi connectivity index (χ0n) is 8.80. The molecule has 0 saturated carbocycles. The first-order valence-corrected chi connectivity index (χ1v) is 5.89. The Kier molecular flexibility index (Phi) is 2.65. The largest absolute Gasteiger partial charge is 0.481 e. The molecule has 82 valence electrons. The van der Waals surface area contributed by atoms with Crippen molar-refractivity contribution in [2.24, 2.45) is 5.92 Å². The number of aliphatic carboxylic acids is 1. The summed E-state index contributed by atoms with van der Waals surface area (Å²) >= 11 is 1.59. The van der Waals surface area contributed by atoms with Gasteiger partial charge in [0.05, 0.1) is 11.6 Å². The van der Waals surface area contributed by atoms with Crippen LogP contribution in [-0.4, -0.2) is 28.6 Å². The number of thiazole rings is 1. The van der Waals surface area contributed by atoms with Gasteiger partial charge in [0.1, 0.15) is 0 Å². The summed E-state index contributed by atoms with van der Waals surface area (Å²) in [6.07, 6.45) is 0.717. The topological polar surface area (TPSA) is 53.4 Å². The summed E-state index contributed by atoms with van der Waals surface area (Å²) in [6.45, 7) is 4.71. The highest BCUT2D eigenvalue weighted by Gasteiger charge is 2.36. The van der Waals surface area contributed by atoms with Crippen LogP contribution in [0.4, 0.5) is 5.13 Å². The molecule has 0 bridgehead atoms. The Balaban J connectivity index is 2.16. The summed E-state index contributed by atoms with van der Waals surface area (Å²) in [4.78, 5) is 17.4. The van der Waals surface area contributed by atoms with E-state index in [1.807, 2.05) is 19.2 Å². The van der Waals surface area contributed by atoms with Crippen LogP contribution < -0.4 is 4.90 Å². The van der Waals surface area contributed by atoms with E-state index in [4.69, 9.17) is 5.11 Å². The van der Waals surface area contributed by atoms with E-state index in [1.54, 1.807) is 11.3 Å². The van der Waals surface area contributed by atoms with Crippen LogP contribution in [0.2, 0.25) is 0 Å². The van der Waals surface area contributed by atoms with E-state index in [0.29, 0.717) is 0 Å². The molecule has 0 aromatic carbocycles. The van der Waals surface area contributed by atoms with E-state index in [1.165, 1.54) is 0 Å². The van der Waals surface area contributed by atoms with Crippen molar-refractivity contribution in [2.75, 3.05) is 11.4 Å². The summed E-state index contributed by atoms with van der Waals surface area (Å²) in [6, 6.07) is 0.0491. The SMILES string of the molecule is Cc1csc(N2CCC(C(=O)O)C2C)n1. The Bertz CT molecular complexity index is 377. The van der Waals surface area contributed by atoms with Crippen molar-refractivity contribution in [3.63, 3.8) is 0 Å². The number of carboxylic acids is 1. The maximum atomic E-state index is 11.0. The van der Waals surface area contributed by atoms with E-state index >= 15 is 0 Å². The van der Waals surface area contributed by atoms with Gasteiger partial charge in [-0.1, -0.05) is 0 Å². The first kappa shape index (κ1) is 10.4. The number of nitrogens with zero attached hydrogens (tertiary/aromatic N) is 2. The Morgan fingerprint density at radius 2 is 2.47 bits per heavy atom. The lowest BCUT2D eigenvalue weighted by molar-refractivity contribution is -0.141. The van der Waals surface area contributed by atoms with Gasteiger partial charge < -0.3 is 10.0 Å². The second-order valence-electron chi connectivity index (χ2n) is 3.94. The van der Waals surface area contributed by atoms with Gasteiger partial charge in [0.15, 0.2) is 5.13 Å². The number of carboxylic acid groups (broad SMARTS) is 1. The molecule has 0 aliphatic carbocycles. The zero-order chi connectivity index (χ0) is 11.0. The molecule has 1 aliphatic heterocycles. The molecule has 5 heteroatoms. The van der Waals surface area contributed by atoms with Gasteiger partial charge >= 0.3 is 5.97 Å². The monoisotopic (exact) mass is 226 g/mol. The molecule has 1 N–H and O–H groups in total. The lowest BCUT2D eigenvalue weighted by atomic mass is 10.0. The normalized spacial score (nSPS) is 25.9. The third kappa shape index (κ3) is 1.84. The maximum Gasteiger partial charge on any atom is 0.308 e. The highest BCUT2D eigenvalue weighted by Crippen LogP contribution is 2.31. The Morgan fingerprint density at radius 1 is 1.73 bits per heavy atom. The molecule has 1 fully saturated rings. The smallest absolute Gasteiger partial charge is 0.308 e. The van der Waals surface area contributed by atoms with Crippen LogP contribution in [0.15, 0.2) is 5.38 Å². The predicted molar refractivity (Wildman–Crippen MR) is 59.4 cm³/mol. The first-order valence-electron chi connectivity index (χ1n) is 5.01. The van der Waals surface area contributed by atoms with Gasteiger partial charge in [-0.05, 0) is 20.3 Å². The minimum atomic E-state index is -0.696. The van der Waals surface area contributed by atoms with Crippen LogP contribution >= 0.6 is 11.3 Å². The molecule has 2 rings (SSSR count). The average Bonchev–Trinajstić information content (AvgIpc) is 2.71. The van der Waals surface area contributed by atoms with Crippen molar-refractivity contribution in [1.29, 1.82) is 0 Å². The van der Waals surface area contributed by atoms with Gasteiger partial charge in [-0.2, -0.15) is 0 Å². The molecule has 2 heterocycles. The average molecular weight is 226 g/mol. The van der Waals surface area contributed by atoms with Crippen LogP contribution in [0.25, 0.3) is 0 Å². The zero-order valence-corrected chi connectivity index (χ0v) is 9.62. The van der Waals surface area contributed by atoms with E-state index < -0.39 is 5.97 Å². The number of carbonyl (C=O) groups is 1. The minimum Gasteiger partial charge on any atom is -0.481 e. The van der Waals surface area contributed by atoms with Crippen molar-refractivity contribution in [3.8, 4) is 0 Å². The van der Waals surface area contributed by atoms with Crippen molar-refractivity contribution in [3.05, 3.63) is 11.1 Å². The highest BCUT2D eigenvalue weighted by atomic mass is 32.1. The van der Waals surface area contributed by atoms with Crippen LogP contribution in [0, 0.1) is 12.8 Å². The molecule has 15 heavy (non-hydrogen) atoms. The number of aryl methyl sites for hydroxylation is 1. The molecule has 1 aromatic rings. The van der Waals surface area contributed by atoms with E-state index in [-0.39, 0.29) is 12.0 Å². The number of hydrogen-bond donors (Lipinski definition) is 1. The summed E-state index contributed by atoms with van der Waals surface area (Å²) in [5.74, 6) is -0.951. The fourth-order valence-electron chi connectivity index (χ4n) is 2.01. The quantitative estimate of drug-likeness (QED) is 0.834. The second-order valence-corrected chi connectivity index (χ2v) is 4.78. The molecule has 1 aromatic heterocycles. The second kappa shape index (κ2) is 3.81. The Morgan fingerprint density at radius 3 is 2.93 bits per heavy atom. The maximum absolute atomic E-state index is 11.0. The van der Waals surface area contributed by atoms with E-state index in [0.717, 1.165) is 23.8 Å². The third-order valence-corrected chi connectivity index (χ3v) is 3.92. The van der Waals surface area contributed by atoms with Gasteiger partial charge in [-0.3, -0.25) is 4.79 Å². The van der Waals surface area contributed by atoms with Crippen LogP contribution in [0.5, 0.6) is 0 Å². The highest BCUT2D eigenvalue weighted by molar-refractivity contribution is 7.13.